The lowest BCUT2D eigenvalue weighted by Crippen LogP contribution is -2.20. The van der Waals surface area contributed by atoms with Crippen molar-refractivity contribution in [1.29, 1.82) is 0 Å². The van der Waals surface area contributed by atoms with Crippen LogP contribution >= 0.6 is 0 Å². The molecule has 0 radical (unpaired) electrons. The quantitative estimate of drug-likeness (QED) is 0.819. The van der Waals surface area contributed by atoms with Crippen LogP contribution in [-0.4, -0.2) is 26.1 Å². The first-order valence-electron chi connectivity index (χ1n) is 7.33. The van der Waals surface area contributed by atoms with E-state index in [1.54, 1.807) is 7.11 Å². The zero-order chi connectivity index (χ0) is 15.5. The van der Waals surface area contributed by atoms with Crippen molar-refractivity contribution in [1.82, 2.24) is 4.90 Å². The van der Waals surface area contributed by atoms with Crippen molar-refractivity contribution in [2.24, 2.45) is 0 Å². The van der Waals surface area contributed by atoms with Crippen molar-refractivity contribution < 1.29 is 4.74 Å². The van der Waals surface area contributed by atoms with Gasteiger partial charge in [-0.05, 0) is 37.4 Å². The fourth-order valence-electron chi connectivity index (χ4n) is 2.65. The fourth-order valence-corrected chi connectivity index (χ4v) is 2.65. The van der Waals surface area contributed by atoms with Gasteiger partial charge in [0.2, 0.25) is 0 Å². The largest absolute Gasteiger partial charge is 0.496 e. The Hall–Kier alpha value is -1.80. The third kappa shape index (κ3) is 3.45. The summed E-state index contributed by atoms with van der Waals surface area (Å²) in [6.45, 7) is 5.41. The van der Waals surface area contributed by atoms with Crippen LogP contribution in [0.5, 0.6) is 5.75 Å². The molecule has 0 saturated carbocycles. The summed E-state index contributed by atoms with van der Waals surface area (Å²) in [4.78, 5) is 2.16. The maximum atomic E-state index is 5.49. The Morgan fingerprint density at radius 3 is 2.19 bits per heavy atom. The topological polar surface area (TPSA) is 12.5 Å². The van der Waals surface area contributed by atoms with Crippen LogP contribution in [0, 0.1) is 0 Å². The molecule has 0 aliphatic carbocycles. The smallest absolute Gasteiger partial charge is 0.123 e. The van der Waals surface area contributed by atoms with Crippen LogP contribution in [0.1, 0.15) is 30.5 Å². The summed E-state index contributed by atoms with van der Waals surface area (Å²) < 4.78 is 5.49. The first-order valence-corrected chi connectivity index (χ1v) is 7.33. The van der Waals surface area contributed by atoms with Crippen molar-refractivity contribution in [2.45, 2.75) is 25.8 Å². The number of methoxy groups -OCH3 is 1. The maximum Gasteiger partial charge on any atom is 0.123 e. The van der Waals surface area contributed by atoms with E-state index in [1.807, 2.05) is 0 Å². The van der Waals surface area contributed by atoms with E-state index in [0.717, 1.165) is 12.3 Å². The number of hydrogen-bond donors (Lipinski definition) is 0. The maximum absolute atomic E-state index is 5.49. The molecule has 0 spiro atoms. The minimum absolute atomic E-state index is 0.0193. The molecule has 112 valence electrons. The number of benzene rings is 2. The Morgan fingerprint density at radius 2 is 1.62 bits per heavy atom. The molecule has 2 rings (SSSR count). The third-order valence-corrected chi connectivity index (χ3v) is 3.98. The molecule has 0 unspecified atom stereocenters. The number of rotatable bonds is 5. The Bertz CT molecular complexity index is 588. The van der Waals surface area contributed by atoms with Gasteiger partial charge < -0.3 is 9.64 Å². The summed E-state index contributed by atoms with van der Waals surface area (Å²) in [6, 6.07) is 17.2. The molecule has 0 aromatic heterocycles. The van der Waals surface area contributed by atoms with Gasteiger partial charge in [0.15, 0.2) is 0 Å². The molecule has 0 N–H and O–H groups in total. The van der Waals surface area contributed by atoms with E-state index < -0.39 is 0 Å². The second-order valence-electron chi connectivity index (χ2n) is 6.26. The number of hydrogen-bond acceptors (Lipinski definition) is 2. The van der Waals surface area contributed by atoms with Crippen LogP contribution in [-0.2, 0) is 12.0 Å². The van der Waals surface area contributed by atoms with Crippen LogP contribution in [0.3, 0.4) is 0 Å². The third-order valence-electron chi connectivity index (χ3n) is 3.98. The second-order valence-corrected chi connectivity index (χ2v) is 6.26. The minimum Gasteiger partial charge on any atom is -0.496 e. The molecule has 2 heteroatoms. The summed E-state index contributed by atoms with van der Waals surface area (Å²) in [6.07, 6.45) is 0. The molecule has 0 fully saturated rings. The second kappa shape index (κ2) is 6.31. The summed E-state index contributed by atoms with van der Waals surface area (Å²) in [5.74, 6) is 0.955. The first kappa shape index (κ1) is 15.6. The number of nitrogens with zero attached hydrogens (tertiary/aromatic N) is 1. The van der Waals surface area contributed by atoms with E-state index >= 15 is 0 Å². The van der Waals surface area contributed by atoms with Crippen LogP contribution in [0.2, 0.25) is 0 Å². The predicted molar refractivity (Wildman–Crippen MR) is 89.0 cm³/mol. The van der Waals surface area contributed by atoms with Crippen LogP contribution in [0.25, 0.3) is 0 Å². The van der Waals surface area contributed by atoms with E-state index in [9.17, 15) is 0 Å². The molecule has 0 heterocycles. The Kier molecular flexibility index (Phi) is 4.69. The predicted octanol–water partition coefficient (Wildman–Crippen LogP) is 4.08. The van der Waals surface area contributed by atoms with Gasteiger partial charge in [-0.3, -0.25) is 0 Å². The Labute approximate surface area is 128 Å². The van der Waals surface area contributed by atoms with Gasteiger partial charge in [0, 0.05) is 17.5 Å². The van der Waals surface area contributed by atoms with Crippen molar-refractivity contribution >= 4 is 0 Å². The van der Waals surface area contributed by atoms with Gasteiger partial charge in [0.25, 0.3) is 0 Å². The summed E-state index contributed by atoms with van der Waals surface area (Å²) in [7, 11) is 5.89. The molecule has 0 saturated heterocycles. The standard InChI is InChI=1S/C19H25NO/c1-19(2,16-9-7-6-8-10-16)17-11-12-18(21-5)15(13-17)14-20(3)4/h6-13H,14H2,1-5H3. The molecule has 2 nitrogen and oxygen atoms in total. The van der Waals surface area contributed by atoms with Crippen LogP contribution < -0.4 is 4.74 Å². The highest BCUT2D eigenvalue weighted by atomic mass is 16.5. The van der Waals surface area contributed by atoms with Gasteiger partial charge in [-0.2, -0.15) is 0 Å². The molecular formula is C19H25NO. The zero-order valence-corrected chi connectivity index (χ0v) is 13.7. The average Bonchev–Trinajstić information content (AvgIpc) is 2.47. The van der Waals surface area contributed by atoms with Crippen LogP contribution in [0.4, 0.5) is 0 Å². The first-order chi connectivity index (χ1) is 9.95. The minimum atomic E-state index is -0.0193. The van der Waals surface area contributed by atoms with E-state index in [2.05, 4.69) is 81.4 Å². The molecule has 0 atom stereocenters. The Morgan fingerprint density at radius 1 is 0.952 bits per heavy atom. The van der Waals surface area contributed by atoms with Crippen LogP contribution in [0.15, 0.2) is 48.5 Å². The van der Waals surface area contributed by atoms with Crippen molar-refractivity contribution in [2.75, 3.05) is 21.2 Å². The Balaban J connectivity index is 2.44. The van der Waals surface area contributed by atoms with E-state index in [1.165, 1.54) is 16.7 Å². The molecule has 0 aliphatic rings. The summed E-state index contributed by atoms with van der Waals surface area (Å²) in [5, 5.41) is 0. The zero-order valence-electron chi connectivity index (χ0n) is 13.7. The SMILES string of the molecule is COc1ccc(C(C)(C)c2ccccc2)cc1CN(C)C. The fraction of sp³-hybridized carbons (Fsp3) is 0.368. The van der Waals surface area contributed by atoms with E-state index in [4.69, 9.17) is 4.74 Å². The molecule has 0 aliphatic heterocycles. The lowest BCUT2D eigenvalue weighted by molar-refractivity contribution is 0.371. The van der Waals surface area contributed by atoms with Gasteiger partial charge in [-0.15, -0.1) is 0 Å². The van der Waals surface area contributed by atoms with Gasteiger partial charge in [-0.25, -0.2) is 0 Å². The highest BCUT2D eigenvalue weighted by Gasteiger charge is 2.23. The molecule has 0 amide bonds. The van der Waals surface area contributed by atoms with Crippen molar-refractivity contribution in [3.05, 3.63) is 65.2 Å². The molecular weight excluding hydrogens is 258 g/mol. The summed E-state index contributed by atoms with van der Waals surface area (Å²) >= 11 is 0. The monoisotopic (exact) mass is 283 g/mol. The molecule has 2 aromatic carbocycles. The number of ether oxygens (including phenoxy) is 1. The molecule has 2 aromatic rings. The highest BCUT2D eigenvalue weighted by Crippen LogP contribution is 2.34. The van der Waals surface area contributed by atoms with Crippen molar-refractivity contribution in [3.63, 3.8) is 0 Å². The average molecular weight is 283 g/mol. The van der Waals surface area contributed by atoms with Gasteiger partial charge >= 0.3 is 0 Å². The van der Waals surface area contributed by atoms with Crippen molar-refractivity contribution in [3.8, 4) is 5.75 Å². The lowest BCUT2D eigenvalue weighted by Gasteiger charge is -2.27. The van der Waals surface area contributed by atoms with Gasteiger partial charge in [0.1, 0.15) is 5.75 Å². The van der Waals surface area contributed by atoms with Gasteiger partial charge in [0.05, 0.1) is 7.11 Å². The van der Waals surface area contributed by atoms with E-state index in [0.29, 0.717) is 0 Å². The van der Waals surface area contributed by atoms with Gasteiger partial charge in [-0.1, -0.05) is 50.2 Å². The molecule has 0 bridgehead atoms. The highest BCUT2D eigenvalue weighted by molar-refractivity contribution is 5.44. The van der Waals surface area contributed by atoms with E-state index in [-0.39, 0.29) is 5.41 Å². The summed E-state index contributed by atoms with van der Waals surface area (Å²) in [5.41, 5.74) is 3.84. The normalized spacial score (nSPS) is 11.7. The molecule has 21 heavy (non-hydrogen) atoms. The lowest BCUT2D eigenvalue weighted by atomic mass is 9.77.